The third-order valence-corrected chi connectivity index (χ3v) is 2.33. The van der Waals surface area contributed by atoms with Crippen molar-refractivity contribution in [2.75, 3.05) is 19.0 Å². The average Bonchev–Trinajstić information content (AvgIpc) is 2.15. The summed E-state index contributed by atoms with van der Waals surface area (Å²) in [4.78, 5) is 14.0. The quantitative estimate of drug-likeness (QED) is 0.692. The molecule has 0 aliphatic rings. The molecule has 2 nitrogen and oxygen atoms in total. The molecule has 0 heterocycles. The Labute approximate surface area is 91.9 Å². The fourth-order valence-corrected chi connectivity index (χ4v) is 1.34. The molecule has 0 saturated carbocycles. The predicted octanol–water partition coefficient (Wildman–Crippen LogP) is 2.98. The van der Waals surface area contributed by atoms with Gasteiger partial charge in [-0.2, -0.15) is 0 Å². The lowest BCUT2D eigenvalue weighted by molar-refractivity contribution is 0.0858. The number of benzene rings is 1. The van der Waals surface area contributed by atoms with Crippen molar-refractivity contribution < 1.29 is 4.79 Å². The Balaban J connectivity index is 2.95. The second-order valence-corrected chi connectivity index (χ2v) is 5.02. The van der Waals surface area contributed by atoms with Crippen molar-refractivity contribution in [2.24, 2.45) is 5.41 Å². The van der Waals surface area contributed by atoms with E-state index in [1.807, 2.05) is 64.0 Å². The van der Waals surface area contributed by atoms with Crippen LogP contribution in [0.25, 0.3) is 0 Å². The van der Waals surface area contributed by atoms with Crippen molar-refractivity contribution in [3.05, 3.63) is 29.8 Å². The van der Waals surface area contributed by atoms with Crippen LogP contribution in [0.3, 0.4) is 0 Å². The topological polar surface area (TPSA) is 20.3 Å². The van der Waals surface area contributed by atoms with Gasteiger partial charge in [-0.05, 0) is 24.3 Å². The Kier molecular flexibility index (Phi) is 3.18. The Bertz CT molecular complexity index is 344. The van der Waals surface area contributed by atoms with E-state index in [4.69, 9.17) is 0 Å². The molecule has 1 aromatic rings. The van der Waals surface area contributed by atoms with Crippen LogP contribution in [0.1, 0.15) is 31.1 Å². The molecule has 0 amide bonds. The first-order valence-corrected chi connectivity index (χ1v) is 5.14. The number of carbonyl (C=O) groups is 1. The van der Waals surface area contributed by atoms with Gasteiger partial charge in [-0.3, -0.25) is 4.79 Å². The zero-order valence-electron chi connectivity index (χ0n) is 10.2. The summed E-state index contributed by atoms with van der Waals surface area (Å²) in [5.74, 6) is 0.188. The molecular weight excluding hydrogens is 186 g/mol. The van der Waals surface area contributed by atoms with E-state index in [9.17, 15) is 4.79 Å². The van der Waals surface area contributed by atoms with E-state index in [-0.39, 0.29) is 11.2 Å². The zero-order chi connectivity index (χ0) is 11.6. The first-order valence-electron chi connectivity index (χ1n) is 5.14. The van der Waals surface area contributed by atoms with Crippen LogP contribution in [-0.4, -0.2) is 19.9 Å². The highest BCUT2D eigenvalue weighted by atomic mass is 16.1. The zero-order valence-corrected chi connectivity index (χ0v) is 10.2. The van der Waals surface area contributed by atoms with Crippen LogP contribution in [0.5, 0.6) is 0 Å². The molecule has 0 radical (unpaired) electrons. The van der Waals surface area contributed by atoms with Crippen LogP contribution in [0.4, 0.5) is 5.69 Å². The van der Waals surface area contributed by atoms with Crippen molar-refractivity contribution >= 4 is 11.5 Å². The Morgan fingerprint density at radius 3 is 1.87 bits per heavy atom. The molecule has 0 aliphatic carbocycles. The van der Waals surface area contributed by atoms with Gasteiger partial charge in [0, 0.05) is 30.8 Å². The van der Waals surface area contributed by atoms with Gasteiger partial charge in [-0.15, -0.1) is 0 Å². The smallest absolute Gasteiger partial charge is 0.168 e. The summed E-state index contributed by atoms with van der Waals surface area (Å²) in [7, 11) is 3.97. The summed E-state index contributed by atoms with van der Waals surface area (Å²) in [6.07, 6.45) is 0. The van der Waals surface area contributed by atoms with Gasteiger partial charge in [0.15, 0.2) is 5.78 Å². The summed E-state index contributed by atoms with van der Waals surface area (Å²) < 4.78 is 0. The number of rotatable bonds is 2. The third-order valence-electron chi connectivity index (χ3n) is 2.33. The minimum Gasteiger partial charge on any atom is -0.378 e. The van der Waals surface area contributed by atoms with Gasteiger partial charge in [0.2, 0.25) is 0 Å². The fourth-order valence-electron chi connectivity index (χ4n) is 1.34. The van der Waals surface area contributed by atoms with E-state index in [1.165, 1.54) is 0 Å². The summed E-state index contributed by atoms with van der Waals surface area (Å²) in [6.45, 7) is 5.82. The number of hydrogen-bond acceptors (Lipinski definition) is 2. The Hall–Kier alpha value is -1.31. The molecule has 0 saturated heterocycles. The van der Waals surface area contributed by atoms with Crippen LogP contribution >= 0.6 is 0 Å². The molecule has 0 unspecified atom stereocenters. The van der Waals surface area contributed by atoms with Gasteiger partial charge in [0.1, 0.15) is 0 Å². The number of Topliss-reactive ketones (excluding diaryl/α,β-unsaturated/α-hetero) is 1. The monoisotopic (exact) mass is 205 g/mol. The standard InChI is InChI=1S/C13H19NO/c1-13(2,3)12(15)10-6-8-11(9-7-10)14(4)5/h6-9H,1-5H3. The van der Waals surface area contributed by atoms with Crippen molar-refractivity contribution in [1.29, 1.82) is 0 Å². The van der Waals surface area contributed by atoms with E-state index in [0.29, 0.717) is 0 Å². The number of carbonyl (C=O) groups excluding carboxylic acids is 1. The largest absolute Gasteiger partial charge is 0.378 e. The first-order chi connectivity index (χ1) is 6.82. The minimum absolute atomic E-state index is 0.188. The van der Waals surface area contributed by atoms with Gasteiger partial charge in [-0.25, -0.2) is 0 Å². The molecule has 0 aliphatic heterocycles. The van der Waals surface area contributed by atoms with Gasteiger partial charge >= 0.3 is 0 Å². The molecule has 0 spiro atoms. The van der Waals surface area contributed by atoms with Crippen molar-refractivity contribution in [3.63, 3.8) is 0 Å². The highest BCUT2D eigenvalue weighted by Crippen LogP contribution is 2.22. The first kappa shape index (κ1) is 11.8. The lowest BCUT2D eigenvalue weighted by Crippen LogP contribution is -2.20. The molecule has 0 N–H and O–H groups in total. The minimum atomic E-state index is -0.306. The molecular formula is C13H19NO. The highest BCUT2D eigenvalue weighted by Gasteiger charge is 2.22. The SMILES string of the molecule is CN(C)c1ccc(C(=O)C(C)(C)C)cc1. The fraction of sp³-hybridized carbons (Fsp3) is 0.462. The van der Waals surface area contributed by atoms with Gasteiger partial charge in [-0.1, -0.05) is 20.8 Å². The molecule has 1 aromatic carbocycles. The number of hydrogen-bond donors (Lipinski definition) is 0. The maximum Gasteiger partial charge on any atom is 0.168 e. The average molecular weight is 205 g/mol. The van der Waals surface area contributed by atoms with E-state index < -0.39 is 0 Å². The highest BCUT2D eigenvalue weighted by molar-refractivity contribution is 6.00. The molecule has 82 valence electrons. The predicted molar refractivity (Wildman–Crippen MR) is 64.6 cm³/mol. The molecule has 0 atom stereocenters. The van der Waals surface area contributed by atoms with Crippen molar-refractivity contribution in [2.45, 2.75) is 20.8 Å². The van der Waals surface area contributed by atoms with Crippen LogP contribution in [0.15, 0.2) is 24.3 Å². The number of ketones is 1. The lowest BCUT2D eigenvalue weighted by Gasteiger charge is -2.17. The molecule has 0 fully saturated rings. The second kappa shape index (κ2) is 4.05. The van der Waals surface area contributed by atoms with Crippen molar-refractivity contribution in [1.82, 2.24) is 0 Å². The van der Waals surface area contributed by atoms with Gasteiger partial charge in [0.25, 0.3) is 0 Å². The second-order valence-electron chi connectivity index (χ2n) is 5.02. The molecule has 0 aromatic heterocycles. The summed E-state index contributed by atoms with van der Waals surface area (Å²) in [6, 6.07) is 7.73. The van der Waals surface area contributed by atoms with E-state index in [1.54, 1.807) is 0 Å². The molecule has 1 rings (SSSR count). The maximum absolute atomic E-state index is 11.9. The molecule has 15 heavy (non-hydrogen) atoms. The van der Waals surface area contributed by atoms with Crippen molar-refractivity contribution in [3.8, 4) is 0 Å². The lowest BCUT2D eigenvalue weighted by atomic mass is 9.86. The Morgan fingerprint density at radius 2 is 1.53 bits per heavy atom. The van der Waals surface area contributed by atoms with Crippen LogP contribution < -0.4 is 4.90 Å². The van der Waals surface area contributed by atoms with E-state index in [0.717, 1.165) is 11.3 Å². The summed E-state index contributed by atoms with van der Waals surface area (Å²) >= 11 is 0. The van der Waals surface area contributed by atoms with Crippen LogP contribution in [0.2, 0.25) is 0 Å². The molecule has 0 bridgehead atoms. The van der Waals surface area contributed by atoms with Crippen LogP contribution in [-0.2, 0) is 0 Å². The normalized spacial score (nSPS) is 11.3. The molecule has 2 heteroatoms. The number of anilines is 1. The van der Waals surface area contributed by atoms with Crippen LogP contribution in [0, 0.1) is 5.41 Å². The maximum atomic E-state index is 11.9. The summed E-state index contributed by atoms with van der Waals surface area (Å²) in [5.41, 5.74) is 1.59. The third kappa shape index (κ3) is 2.82. The summed E-state index contributed by atoms with van der Waals surface area (Å²) in [5, 5.41) is 0. The van der Waals surface area contributed by atoms with E-state index in [2.05, 4.69) is 0 Å². The number of nitrogens with zero attached hydrogens (tertiary/aromatic N) is 1. The van der Waals surface area contributed by atoms with E-state index >= 15 is 0 Å². The Morgan fingerprint density at radius 1 is 1.07 bits per heavy atom. The van der Waals surface area contributed by atoms with Gasteiger partial charge < -0.3 is 4.90 Å². The van der Waals surface area contributed by atoms with Gasteiger partial charge in [0.05, 0.1) is 0 Å².